The molecule has 3 nitrogen and oxygen atoms in total. The van der Waals surface area contributed by atoms with Gasteiger partial charge in [-0.3, -0.25) is 5.43 Å². The molecule has 0 aliphatic heterocycles. The molecule has 0 bridgehead atoms. The molecular formula is C21H20N2O. The van der Waals surface area contributed by atoms with Crippen molar-refractivity contribution in [1.82, 2.24) is 0 Å². The lowest BCUT2D eigenvalue weighted by Crippen LogP contribution is -1.97. The van der Waals surface area contributed by atoms with Crippen LogP contribution in [-0.4, -0.2) is 6.21 Å². The monoisotopic (exact) mass is 316 g/mol. The van der Waals surface area contributed by atoms with Crippen molar-refractivity contribution in [3.8, 4) is 5.75 Å². The first-order valence-corrected chi connectivity index (χ1v) is 7.93. The second kappa shape index (κ2) is 7.97. The van der Waals surface area contributed by atoms with Crippen LogP contribution in [0.25, 0.3) is 0 Å². The summed E-state index contributed by atoms with van der Waals surface area (Å²) < 4.78 is 5.84. The zero-order chi connectivity index (χ0) is 16.6. The predicted molar refractivity (Wildman–Crippen MR) is 99.6 cm³/mol. The molecule has 3 rings (SSSR count). The van der Waals surface area contributed by atoms with Gasteiger partial charge in [-0.2, -0.15) is 5.10 Å². The Labute approximate surface area is 142 Å². The van der Waals surface area contributed by atoms with Gasteiger partial charge in [0.15, 0.2) is 0 Å². The van der Waals surface area contributed by atoms with Crippen LogP contribution < -0.4 is 10.2 Å². The number of hydrogen-bond donors (Lipinski definition) is 1. The first kappa shape index (κ1) is 15.8. The lowest BCUT2D eigenvalue weighted by molar-refractivity contribution is 0.305. The maximum Gasteiger partial charge on any atom is 0.119 e. The number of para-hydroxylation sites is 1. The Hall–Kier alpha value is -3.07. The van der Waals surface area contributed by atoms with Gasteiger partial charge in [0, 0.05) is 0 Å². The van der Waals surface area contributed by atoms with Crippen LogP contribution in [0.1, 0.15) is 16.7 Å². The number of hydrogen-bond acceptors (Lipinski definition) is 3. The minimum absolute atomic E-state index is 0.579. The molecule has 0 saturated carbocycles. The second-order valence-corrected chi connectivity index (χ2v) is 5.52. The van der Waals surface area contributed by atoms with Crippen LogP contribution in [0.4, 0.5) is 5.69 Å². The van der Waals surface area contributed by atoms with Crippen LogP contribution >= 0.6 is 0 Å². The normalized spacial score (nSPS) is 10.7. The molecule has 3 heteroatoms. The molecule has 3 aromatic rings. The molecule has 3 aromatic carbocycles. The van der Waals surface area contributed by atoms with E-state index in [-0.39, 0.29) is 0 Å². The van der Waals surface area contributed by atoms with Gasteiger partial charge in [0.1, 0.15) is 12.4 Å². The van der Waals surface area contributed by atoms with Crippen molar-refractivity contribution in [3.63, 3.8) is 0 Å². The summed E-state index contributed by atoms with van der Waals surface area (Å²) in [7, 11) is 0. The molecule has 0 aliphatic rings. The summed E-state index contributed by atoms with van der Waals surface area (Å²) in [5.41, 5.74) is 7.43. The third-order valence-electron chi connectivity index (χ3n) is 3.72. The third kappa shape index (κ3) is 4.46. The quantitative estimate of drug-likeness (QED) is 0.512. The Morgan fingerprint density at radius 3 is 2.33 bits per heavy atom. The number of aryl methyl sites for hydroxylation is 1. The maximum atomic E-state index is 5.84. The molecule has 0 spiro atoms. The van der Waals surface area contributed by atoms with E-state index in [1.165, 1.54) is 11.1 Å². The van der Waals surface area contributed by atoms with Crippen molar-refractivity contribution in [2.45, 2.75) is 13.5 Å². The van der Waals surface area contributed by atoms with E-state index in [0.717, 1.165) is 17.0 Å². The van der Waals surface area contributed by atoms with E-state index in [1.54, 1.807) is 6.21 Å². The molecule has 0 fully saturated rings. The van der Waals surface area contributed by atoms with Crippen LogP contribution in [0.15, 0.2) is 84.0 Å². The number of nitrogens with one attached hydrogen (secondary N) is 1. The van der Waals surface area contributed by atoms with Crippen LogP contribution in [-0.2, 0) is 6.61 Å². The van der Waals surface area contributed by atoms with Gasteiger partial charge in [-0.1, -0.05) is 42.5 Å². The van der Waals surface area contributed by atoms with Crippen molar-refractivity contribution >= 4 is 11.9 Å². The Morgan fingerprint density at radius 2 is 1.58 bits per heavy atom. The van der Waals surface area contributed by atoms with Crippen molar-refractivity contribution in [3.05, 3.63) is 95.6 Å². The molecule has 0 saturated heterocycles. The molecule has 0 unspecified atom stereocenters. The average molecular weight is 316 g/mol. The molecule has 0 atom stereocenters. The van der Waals surface area contributed by atoms with E-state index in [4.69, 9.17) is 4.74 Å². The summed E-state index contributed by atoms with van der Waals surface area (Å²) in [4.78, 5) is 0. The molecule has 120 valence electrons. The third-order valence-corrected chi connectivity index (χ3v) is 3.72. The van der Waals surface area contributed by atoms with Gasteiger partial charge in [-0.15, -0.1) is 0 Å². The summed E-state index contributed by atoms with van der Waals surface area (Å²) in [5, 5.41) is 4.23. The zero-order valence-electron chi connectivity index (χ0n) is 13.6. The van der Waals surface area contributed by atoms with Crippen molar-refractivity contribution in [2.75, 3.05) is 5.43 Å². The highest BCUT2D eigenvalue weighted by Crippen LogP contribution is 2.15. The Balaban J connectivity index is 1.54. The number of ether oxygens (including phenoxy) is 1. The number of rotatable bonds is 6. The van der Waals surface area contributed by atoms with E-state index in [2.05, 4.69) is 29.6 Å². The summed E-state index contributed by atoms with van der Waals surface area (Å²) in [6.07, 6.45) is 1.79. The zero-order valence-corrected chi connectivity index (χ0v) is 13.6. The van der Waals surface area contributed by atoms with Crippen LogP contribution in [0.3, 0.4) is 0 Å². The van der Waals surface area contributed by atoms with Crippen molar-refractivity contribution < 1.29 is 4.74 Å². The van der Waals surface area contributed by atoms with E-state index < -0.39 is 0 Å². The number of benzene rings is 3. The van der Waals surface area contributed by atoms with Crippen molar-refractivity contribution in [1.29, 1.82) is 0 Å². The highest BCUT2D eigenvalue weighted by Gasteiger charge is 1.99. The van der Waals surface area contributed by atoms with Crippen molar-refractivity contribution in [2.24, 2.45) is 5.10 Å². The van der Waals surface area contributed by atoms with E-state index in [0.29, 0.717) is 6.61 Å². The number of nitrogens with zero attached hydrogens (tertiary/aromatic N) is 1. The molecule has 0 radical (unpaired) electrons. The van der Waals surface area contributed by atoms with E-state index in [9.17, 15) is 0 Å². The smallest absolute Gasteiger partial charge is 0.119 e. The van der Waals surface area contributed by atoms with Crippen LogP contribution in [0.2, 0.25) is 0 Å². The summed E-state index contributed by atoms with van der Waals surface area (Å²) >= 11 is 0. The lowest BCUT2D eigenvalue weighted by Gasteiger charge is -2.08. The summed E-state index contributed by atoms with van der Waals surface area (Å²) in [5.74, 6) is 0.853. The van der Waals surface area contributed by atoms with Gasteiger partial charge in [0.2, 0.25) is 0 Å². The molecule has 0 amide bonds. The molecule has 1 N–H and O–H groups in total. The van der Waals surface area contributed by atoms with Gasteiger partial charge >= 0.3 is 0 Å². The van der Waals surface area contributed by atoms with Crippen LogP contribution in [0.5, 0.6) is 5.75 Å². The Bertz CT molecular complexity index is 796. The van der Waals surface area contributed by atoms with Gasteiger partial charge in [0.25, 0.3) is 0 Å². The fourth-order valence-electron chi connectivity index (χ4n) is 2.28. The molecule has 0 heterocycles. The van der Waals surface area contributed by atoms with Crippen LogP contribution in [0, 0.1) is 6.92 Å². The van der Waals surface area contributed by atoms with Gasteiger partial charge in [0.05, 0.1) is 11.9 Å². The topological polar surface area (TPSA) is 33.6 Å². The predicted octanol–water partition coefficient (Wildman–Crippen LogP) is 5.02. The minimum Gasteiger partial charge on any atom is -0.489 e. The minimum atomic E-state index is 0.579. The van der Waals surface area contributed by atoms with E-state index >= 15 is 0 Å². The average Bonchev–Trinajstić information content (AvgIpc) is 2.63. The summed E-state index contributed by atoms with van der Waals surface area (Å²) in [6.45, 7) is 2.67. The highest BCUT2D eigenvalue weighted by atomic mass is 16.5. The lowest BCUT2D eigenvalue weighted by atomic mass is 10.1. The summed E-state index contributed by atoms with van der Waals surface area (Å²) in [6, 6.07) is 26.0. The molecule has 0 aliphatic carbocycles. The molecular weight excluding hydrogens is 296 g/mol. The molecule has 0 aromatic heterocycles. The van der Waals surface area contributed by atoms with Gasteiger partial charge in [-0.05, 0) is 60.0 Å². The Kier molecular flexibility index (Phi) is 5.25. The SMILES string of the molecule is Cc1ccccc1COc1ccc(C=NNc2ccccc2)cc1. The largest absolute Gasteiger partial charge is 0.489 e. The Morgan fingerprint density at radius 1 is 0.875 bits per heavy atom. The number of hydrazone groups is 1. The second-order valence-electron chi connectivity index (χ2n) is 5.52. The fourth-order valence-corrected chi connectivity index (χ4v) is 2.28. The first-order chi connectivity index (χ1) is 11.8. The first-order valence-electron chi connectivity index (χ1n) is 7.93. The fraction of sp³-hybridized carbons (Fsp3) is 0.0952. The maximum absolute atomic E-state index is 5.84. The highest BCUT2D eigenvalue weighted by molar-refractivity contribution is 5.80. The standard InChI is InChI=1S/C21H20N2O/c1-17-7-5-6-8-19(17)16-24-21-13-11-18(12-14-21)15-22-23-20-9-3-2-4-10-20/h2-15,23H,16H2,1H3. The van der Waals surface area contributed by atoms with E-state index in [1.807, 2.05) is 66.7 Å². The van der Waals surface area contributed by atoms with Gasteiger partial charge in [-0.25, -0.2) is 0 Å². The van der Waals surface area contributed by atoms with Gasteiger partial charge < -0.3 is 4.74 Å². The number of anilines is 1. The molecule has 24 heavy (non-hydrogen) atoms.